The van der Waals surface area contributed by atoms with E-state index in [1.54, 1.807) is 10.9 Å². The molecule has 1 aromatic heterocycles. The van der Waals surface area contributed by atoms with Gasteiger partial charge in [-0.2, -0.15) is 5.10 Å². The molecule has 2 N–H and O–H groups in total. The van der Waals surface area contributed by atoms with Gasteiger partial charge in [-0.3, -0.25) is 0 Å². The molecule has 6 heteroatoms. The van der Waals surface area contributed by atoms with Crippen LogP contribution in [0.5, 0.6) is 0 Å². The highest BCUT2D eigenvalue weighted by molar-refractivity contribution is 6.30. The number of aryl methyl sites for hydroxylation is 2. The van der Waals surface area contributed by atoms with Crippen LogP contribution in [0.1, 0.15) is 11.1 Å². The number of para-hydroxylation sites is 1. The molecule has 4 rings (SSSR count). The van der Waals surface area contributed by atoms with Crippen molar-refractivity contribution in [2.75, 3.05) is 10.6 Å². The third-order valence-corrected chi connectivity index (χ3v) is 4.89. The van der Waals surface area contributed by atoms with Gasteiger partial charge in [-0.25, -0.2) is 9.48 Å². The molecular weight excluding hydrogens is 396 g/mol. The minimum absolute atomic E-state index is 0.294. The van der Waals surface area contributed by atoms with E-state index in [9.17, 15) is 4.79 Å². The van der Waals surface area contributed by atoms with Crippen LogP contribution in [0.2, 0.25) is 5.02 Å². The first kappa shape index (κ1) is 19.7. The number of hydrogen-bond donors (Lipinski definition) is 2. The SMILES string of the molecule is Cc1cc(C)cc(NC(=O)Nc2ccccc2-c2cnn(-c3ccc(Cl)cc3)c2)c1. The van der Waals surface area contributed by atoms with Gasteiger partial charge in [-0.15, -0.1) is 0 Å². The molecule has 0 spiro atoms. The number of amides is 2. The molecule has 0 atom stereocenters. The molecule has 0 unspecified atom stereocenters. The first-order valence-corrected chi connectivity index (χ1v) is 9.92. The zero-order valence-corrected chi connectivity index (χ0v) is 17.4. The Labute approximate surface area is 180 Å². The molecule has 0 fully saturated rings. The van der Waals surface area contributed by atoms with Crippen molar-refractivity contribution in [3.05, 3.63) is 95.3 Å². The molecule has 4 aromatic rings. The molecule has 1 heterocycles. The number of carbonyl (C=O) groups is 1. The lowest BCUT2D eigenvalue weighted by Gasteiger charge is -2.12. The first-order valence-electron chi connectivity index (χ1n) is 9.54. The van der Waals surface area contributed by atoms with E-state index in [2.05, 4.69) is 21.8 Å². The van der Waals surface area contributed by atoms with E-state index >= 15 is 0 Å². The van der Waals surface area contributed by atoms with E-state index in [1.807, 2.05) is 80.7 Å². The van der Waals surface area contributed by atoms with Gasteiger partial charge in [-0.05, 0) is 67.4 Å². The van der Waals surface area contributed by atoms with Crippen LogP contribution in [0.3, 0.4) is 0 Å². The van der Waals surface area contributed by atoms with Crippen molar-refractivity contribution >= 4 is 29.0 Å². The number of nitrogens with one attached hydrogen (secondary N) is 2. The minimum atomic E-state index is -0.294. The van der Waals surface area contributed by atoms with Gasteiger partial charge in [0.1, 0.15) is 0 Å². The van der Waals surface area contributed by atoms with Crippen LogP contribution < -0.4 is 10.6 Å². The zero-order chi connectivity index (χ0) is 21.1. The van der Waals surface area contributed by atoms with Gasteiger partial charge in [0, 0.05) is 28.0 Å². The molecule has 0 saturated carbocycles. The van der Waals surface area contributed by atoms with Gasteiger partial charge >= 0.3 is 6.03 Å². The highest BCUT2D eigenvalue weighted by atomic mass is 35.5. The van der Waals surface area contributed by atoms with Crippen molar-refractivity contribution in [3.63, 3.8) is 0 Å². The lowest BCUT2D eigenvalue weighted by molar-refractivity contribution is 0.262. The van der Waals surface area contributed by atoms with E-state index in [0.717, 1.165) is 33.6 Å². The molecule has 0 radical (unpaired) electrons. The Morgan fingerprint density at radius 2 is 1.63 bits per heavy atom. The Bertz CT molecular complexity index is 1180. The van der Waals surface area contributed by atoms with Gasteiger partial charge < -0.3 is 10.6 Å². The second-order valence-electron chi connectivity index (χ2n) is 7.15. The number of rotatable bonds is 4. The van der Waals surface area contributed by atoms with Crippen LogP contribution in [0, 0.1) is 13.8 Å². The Morgan fingerprint density at radius 1 is 0.933 bits per heavy atom. The van der Waals surface area contributed by atoms with E-state index in [1.165, 1.54) is 0 Å². The van der Waals surface area contributed by atoms with E-state index in [0.29, 0.717) is 10.7 Å². The second kappa shape index (κ2) is 8.43. The number of halogens is 1. The van der Waals surface area contributed by atoms with Gasteiger partial charge in [-0.1, -0.05) is 35.9 Å². The topological polar surface area (TPSA) is 59.0 Å². The van der Waals surface area contributed by atoms with Crippen molar-refractivity contribution in [2.45, 2.75) is 13.8 Å². The summed E-state index contributed by atoms with van der Waals surface area (Å²) in [6.07, 6.45) is 3.70. The summed E-state index contributed by atoms with van der Waals surface area (Å²) in [6, 6.07) is 20.8. The molecule has 0 saturated heterocycles. The lowest BCUT2D eigenvalue weighted by Crippen LogP contribution is -2.20. The number of hydrogen-bond acceptors (Lipinski definition) is 2. The molecule has 5 nitrogen and oxygen atoms in total. The highest BCUT2D eigenvalue weighted by Gasteiger charge is 2.11. The van der Waals surface area contributed by atoms with E-state index in [-0.39, 0.29) is 6.03 Å². The largest absolute Gasteiger partial charge is 0.323 e. The summed E-state index contributed by atoms with van der Waals surface area (Å²) in [5, 5.41) is 11.0. The summed E-state index contributed by atoms with van der Waals surface area (Å²) < 4.78 is 1.78. The number of urea groups is 1. The summed E-state index contributed by atoms with van der Waals surface area (Å²) in [5.74, 6) is 0. The molecule has 2 amide bonds. The molecule has 0 aliphatic rings. The van der Waals surface area contributed by atoms with Crippen molar-refractivity contribution in [3.8, 4) is 16.8 Å². The second-order valence-corrected chi connectivity index (χ2v) is 7.59. The predicted octanol–water partition coefficient (Wildman–Crippen LogP) is 6.45. The fraction of sp³-hybridized carbons (Fsp3) is 0.0833. The van der Waals surface area contributed by atoms with Crippen LogP contribution in [0.25, 0.3) is 16.8 Å². The summed E-state index contributed by atoms with van der Waals surface area (Å²) in [6.45, 7) is 4.01. The lowest BCUT2D eigenvalue weighted by atomic mass is 10.1. The fourth-order valence-electron chi connectivity index (χ4n) is 3.37. The summed E-state index contributed by atoms with van der Waals surface area (Å²) in [4.78, 5) is 12.6. The standard InChI is InChI=1S/C24H21ClN4O/c1-16-11-17(2)13-20(12-16)27-24(30)28-23-6-4-3-5-22(23)18-14-26-29(15-18)21-9-7-19(25)8-10-21/h3-15H,1-2H3,(H2,27,28,30). The summed E-state index contributed by atoms with van der Waals surface area (Å²) in [5.41, 5.74) is 6.35. The summed E-state index contributed by atoms with van der Waals surface area (Å²) >= 11 is 5.97. The average Bonchev–Trinajstić information content (AvgIpc) is 3.18. The van der Waals surface area contributed by atoms with E-state index < -0.39 is 0 Å². The average molecular weight is 417 g/mol. The maximum atomic E-state index is 12.6. The molecule has 0 aliphatic carbocycles. The van der Waals surface area contributed by atoms with Gasteiger partial charge in [0.05, 0.1) is 17.6 Å². The Hall–Kier alpha value is -3.57. The van der Waals surface area contributed by atoms with Crippen LogP contribution in [0.15, 0.2) is 79.1 Å². The maximum absolute atomic E-state index is 12.6. The molecule has 3 aromatic carbocycles. The highest BCUT2D eigenvalue weighted by Crippen LogP contribution is 2.28. The van der Waals surface area contributed by atoms with Crippen molar-refractivity contribution in [1.29, 1.82) is 0 Å². The Kier molecular flexibility index (Phi) is 5.55. The number of anilines is 2. The third-order valence-electron chi connectivity index (χ3n) is 4.64. The van der Waals surface area contributed by atoms with Crippen LogP contribution in [0.4, 0.5) is 16.2 Å². The molecule has 30 heavy (non-hydrogen) atoms. The van der Waals surface area contributed by atoms with Crippen molar-refractivity contribution < 1.29 is 4.79 Å². The zero-order valence-electron chi connectivity index (χ0n) is 16.7. The van der Waals surface area contributed by atoms with Gasteiger partial charge in [0.25, 0.3) is 0 Å². The van der Waals surface area contributed by atoms with E-state index in [4.69, 9.17) is 11.6 Å². The molecule has 150 valence electrons. The normalized spacial score (nSPS) is 10.6. The molecule has 0 bridgehead atoms. The maximum Gasteiger partial charge on any atom is 0.323 e. The van der Waals surface area contributed by atoms with Gasteiger partial charge in [0.15, 0.2) is 0 Å². The summed E-state index contributed by atoms with van der Waals surface area (Å²) in [7, 11) is 0. The number of nitrogens with zero attached hydrogens (tertiary/aromatic N) is 2. The number of carbonyl (C=O) groups excluding carboxylic acids is 1. The minimum Gasteiger partial charge on any atom is -0.308 e. The van der Waals surface area contributed by atoms with Crippen LogP contribution in [-0.4, -0.2) is 15.8 Å². The Morgan fingerprint density at radius 3 is 2.37 bits per heavy atom. The van der Waals surface area contributed by atoms with Crippen LogP contribution in [-0.2, 0) is 0 Å². The van der Waals surface area contributed by atoms with Gasteiger partial charge in [0.2, 0.25) is 0 Å². The quantitative estimate of drug-likeness (QED) is 0.401. The third kappa shape index (κ3) is 4.53. The molecular formula is C24H21ClN4O. The number of aromatic nitrogens is 2. The number of benzene rings is 3. The molecule has 0 aliphatic heterocycles. The van der Waals surface area contributed by atoms with Crippen molar-refractivity contribution in [2.24, 2.45) is 0 Å². The first-order chi connectivity index (χ1) is 14.5. The van der Waals surface area contributed by atoms with Crippen LogP contribution >= 0.6 is 11.6 Å². The smallest absolute Gasteiger partial charge is 0.308 e. The predicted molar refractivity (Wildman–Crippen MR) is 123 cm³/mol. The Balaban J connectivity index is 1.55. The monoisotopic (exact) mass is 416 g/mol. The van der Waals surface area contributed by atoms with Crippen molar-refractivity contribution in [1.82, 2.24) is 9.78 Å². The fourth-order valence-corrected chi connectivity index (χ4v) is 3.50.